The van der Waals surface area contributed by atoms with Crippen molar-refractivity contribution < 1.29 is 9.53 Å². The van der Waals surface area contributed by atoms with Crippen LogP contribution in [0.5, 0.6) is 0 Å². The summed E-state index contributed by atoms with van der Waals surface area (Å²) in [4.78, 5) is 18.7. The topological polar surface area (TPSA) is 54.5 Å². The molecular weight excluding hydrogens is 418 g/mol. The Morgan fingerprint density at radius 2 is 2.03 bits per heavy atom. The second-order valence-corrected chi connectivity index (χ2v) is 9.63. The zero-order chi connectivity index (χ0) is 21.1. The molecule has 0 saturated heterocycles. The van der Waals surface area contributed by atoms with E-state index in [0.717, 1.165) is 24.4 Å². The lowest BCUT2D eigenvalue weighted by Crippen LogP contribution is -2.64. The smallest absolute Gasteiger partial charge is 0.230 e. The third kappa shape index (κ3) is 4.28. The minimum absolute atomic E-state index is 0.0640. The van der Waals surface area contributed by atoms with Crippen molar-refractivity contribution in [1.29, 1.82) is 0 Å². The zero-order valence-corrected chi connectivity index (χ0v) is 19.3. The highest BCUT2D eigenvalue weighted by atomic mass is 35.5. The molecule has 1 aromatic heterocycles. The van der Waals surface area contributed by atoms with E-state index in [2.05, 4.69) is 12.2 Å². The number of carbonyl (C=O) groups is 1. The summed E-state index contributed by atoms with van der Waals surface area (Å²) >= 11 is 7.49. The van der Waals surface area contributed by atoms with E-state index in [-0.39, 0.29) is 5.91 Å². The molecule has 2 atom stereocenters. The Balaban J connectivity index is 1.43. The van der Waals surface area contributed by atoms with Crippen LogP contribution in [0.4, 0.5) is 10.8 Å². The van der Waals surface area contributed by atoms with Gasteiger partial charge in [-0.25, -0.2) is 4.98 Å². The summed E-state index contributed by atoms with van der Waals surface area (Å²) in [7, 11) is 0. The molecule has 2 aliphatic rings. The fourth-order valence-electron chi connectivity index (χ4n) is 5.07. The highest BCUT2D eigenvalue weighted by Gasteiger charge is 2.55. The molecule has 1 N–H and O–H groups in total. The van der Waals surface area contributed by atoms with Crippen LogP contribution >= 0.6 is 22.9 Å². The van der Waals surface area contributed by atoms with Gasteiger partial charge in [-0.1, -0.05) is 30.9 Å². The molecule has 162 valence electrons. The Morgan fingerprint density at radius 3 is 2.70 bits per heavy atom. The van der Waals surface area contributed by atoms with Gasteiger partial charge in [-0.2, -0.15) is 0 Å². The van der Waals surface area contributed by atoms with Crippen LogP contribution in [-0.2, 0) is 16.1 Å². The number of anilines is 2. The van der Waals surface area contributed by atoms with Gasteiger partial charge in [0.2, 0.25) is 5.91 Å². The lowest BCUT2D eigenvalue weighted by atomic mass is 9.55. The number of halogens is 1. The predicted molar refractivity (Wildman–Crippen MR) is 123 cm³/mol. The maximum absolute atomic E-state index is 12.3. The Hall–Kier alpha value is -1.47. The maximum Gasteiger partial charge on any atom is 0.230 e. The van der Waals surface area contributed by atoms with E-state index >= 15 is 0 Å². The van der Waals surface area contributed by atoms with Crippen molar-refractivity contribution in [3.8, 4) is 0 Å². The second kappa shape index (κ2) is 9.35. The monoisotopic (exact) mass is 447 g/mol. The third-order valence-electron chi connectivity index (χ3n) is 6.60. The quantitative estimate of drug-likeness (QED) is 0.591. The Kier molecular flexibility index (Phi) is 6.78. The molecule has 2 saturated carbocycles. The molecular formula is C23H30ClN3O2S. The molecule has 2 aromatic rings. The Labute approximate surface area is 187 Å². The van der Waals surface area contributed by atoms with E-state index in [9.17, 15) is 4.79 Å². The van der Waals surface area contributed by atoms with Gasteiger partial charge in [0.05, 0.1) is 17.5 Å². The number of benzene rings is 1. The summed E-state index contributed by atoms with van der Waals surface area (Å²) in [6.45, 7) is 5.16. The minimum Gasteiger partial charge on any atom is -0.378 e. The second-order valence-electron chi connectivity index (χ2n) is 8.36. The normalized spacial score (nSPS) is 22.6. The number of ether oxygens (including phenoxy) is 1. The highest BCUT2D eigenvalue weighted by Crippen LogP contribution is 2.53. The van der Waals surface area contributed by atoms with Crippen LogP contribution in [0, 0.1) is 5.41 Å². The van der Waals surface area contributed by atoms with Gasteiger partial charge in [0.15, 0.2) is 5.13 Å². The van der Waals surface area contributed by atoms with Gasteiger partial charge in [0.1, 0.15) is 0 Å². The van der Waals surface area contributed by atoms with Crippen LogP contribution in [0.1, 0.15) is 58.1 Å². The molecule has 0 radical (unpaired) electrons. The van der Waals surface area contributed by atoms with Crippen molar-refractivity contribution in [3.05, 3.63) is 40.4 Å². The molecule has 1 amide bonds. The van der Waals surface area contributed by atoms with Crippen molar-refractivity contribution in [2.24, 2.45) is 5.41 Å². The number of aromatic nitrogens is 1. The summed E-state index contributed by atoms with van der Waals surface area (Å²) in [5.41, 5.74) is 2.04. The molecule has 0 aliphatic heterocycles. The molecule has 1 heterocycles. The zero-order valence-electron chi connectivity index (χ0n) is 17.7. The lowest BCUT2D eigenvalue weighted by molar-refractivity contribution is -0.150. The van der Waals surface area contributed by atoms with Gasteiger partial charge in [-0.05, 0) is 50.5 Å². The third-order valence-corrected chi connectivity index (χ3v) is 7.72. The standard InChI is InChI=1S/C23H30ClN3O2S/c1-3-29-21-13-20(23(21)11-5-4-6-12-23)25-14-18-15-30-22(26-18)27(16(2)28)19-9-7-17(24)8-10-19/h7-10,15,20-21,25H,3-6,11-14H2,1-2H3/t20-,21+/m1/s1. The van der Waals surface area contributed by atoms with E-state index in [1.54, 1.807) is 24.0 Å². The fraction of sp³-hybridized carbons (Fsp3) is 0.565. The van der Waals surface area contributed by atoms with Crippen molar-refractivity contribution >= 4 is 39.7 Å². The van der Waals surface area contributed by atoms with E-state index < -0.39 is 0 Å². The van der Waals surface area contributed by atoms with Crippen molar-refractivity contribution in [2.75, 3.05) is 11.5 Å². The average molecular weight is 448 g/mol. The first-order chi connectivity index (χ1) is 14.5. The highest BCUT2D eigenvalue weighted by molar-refractivity contribution is 7.14. The largest absolute Gasteiger partial charge is 0.378 e. The van der Waals surface area contributed by atoms with Gasteiger partial charge < -0.3 is 10.1 Å². The SMILES string of the molecule is CCO[C@H]1C[C@@H](NCc2csc(N(C(C)=O)c3ccc(Cl)cc3)n2)C12CCCCC2. The van der Waals surface area contributed by atoms with Gasteiger partial charge >= 0.3 is 0 Å². The van der Waals surface area contributed by atoms with Gasteiger partial charge in [0, 0.05) is 41.9 Å². The van der Waals surface area contributed by atoms with Crippen LogP contribution < -0.4 is 10.2 Å². The predicted octanol–water partition coefficient (Wildman–Crippen LogP) is 5.70. The van der Waals surface area contributed by atoms with Crippen LogP contribution in [0.3, 0.4) is 0 Å². The Morgan fingerprint density at radius 1 is 1.30 bits per heavy atom. The van der Waals surface area contributed by atoms with E-state index in [0.29, 0.717) is 34.3 Å². The van der Waals surface area contributed by atoms with Gasteiger partial charge in [-0.3, -0.25) is 9.69 Å². The first-order valence-electron chi connectivity index (χ1n) is 10.9. The van der Waals surface area contributed by atoms with Crippen LogP contribution in [0.2, 0.25) is 5.02 Å². The number of amides is 1. The average Bonchev–Trinajstić information content (AvgIpc) is 3.20. The number of rotatable bonds is 7. The van der Waals surface area contributed by atoms with Gasteiger partial charge in [0.25, 0.3) is 0 Å². The first-order valence-corrected chi connectivity index (χ1v) is 12.1. The fourth-order valence-corrected chi connectivity index (χ4v) is 6.09. The van der Waals surface area contributed by atoms with Crippen molar-refractivity contribution in [3.63, 3.8) is 0 Å². The number of hydrogen-bond donors (Lipinski definition) is 1. The first kappa shape index (κ1) is 21.8. The summed E-state index contributed by atoms with van der Waals surface area (Å²) < 4.78 is 6.07. The number of thiazole rings is 1. The molecule has 2 fully saturated rings. The molecule has 0 bridgehead atoms. The maximum atomic E-state index is 12.3. The van der Waals surface area contributed by atoms with E-state index in [1.807, 2.05) is 17.5 Å². The molecule has 5 nitrogen and oxygen atoms in total. The molecule has 7 heteroatoms. The summed E-state index contributed by atoms with van der Waals surface area (Å²) in [5, 5.41) is 7.14. The molecule has 0 unspecified atom stereocenters. The van der Waals surface area contributed by atoms with Gasteiger partial charge in [-0.15, -0.1) is 11.3 Å². The summed E-state index contributed by atoms with van der Waals surface area (Å²) in [6.07, 6.45) is 7.93. The summed E-state index contributed by atoms with van der Waals surface area (Å²) in [5.74, 6) is -0.0640. The van der Waals surface area contributed by atoms with Crippen molar-refractivity contribution in [1.82, 2.24) is 10.3 Å². The Bertz CT molecular complexity index is 864. The number of hydrogen-bond acceptors (Lipinski definition) is 5. The molecule has 30 heavy (non-hydrogen) atoms. The van der Waals surface area contributed by atoms with Crippen LogP contribution in [0.25, 0.3) is 0 Å². The number of nitrogens with zero attached hydrogens (tertiary/aromatic N) is 2. The molecule has 1 aromatic carbocycles. The summed E-state index contributed by atoms with van der Waals surface area (Å²) in [6, 6.07) is 7.76. The van der Waals surface area contributed by atoms with Crippen LogP contribution in [0.15, 0.2) is 29.6 Å². The van der Waals surface area contributed by atoms with Crippen molar-refractivity contribution in [2.45, 2.75) is 71.1 Å². The number of carbonyl (C=O) groups excluding carboxylic acids is 1. The molecule has 2 aliphatic carbocycles. The van der Waals surface area contributed by atoms with E-state index in [1.165, 1.54) is 43.4 Å². The minimum atomic E-state index is -0.0640. The van der Waals surface area contributed by atoms with E-state index in [4.69, 9.17) is 21.3 Å². The number of nitrogens with one attached hydrogen (secondary N) is 1. The molecule has 1 spiro atoms. The molecule has 4 rings (SSSR count). The van der Waals surface area contributed by atoms with Crippen LogP contribution in [-0.4, -0.2) is 29.6 Å². The lowest BCUT2D eigenvalue weighted by Gasteiger charge is -2.58.